The Balaban J connectivity index is 2.86. The average molecular weight is 260 g/mol. The fraction of sp³-hybridized carbons (Fsp3) is 0.455. The first-order valence-electron chi connectivity index (χ1n) is 5.12. The molecule has 1 aromatic rings. The monoisotopic (exact) mass is 260 g/mol. The zero-order valence-corrected chi connectivity index (χ0v) is 10.5. The van der Waals surface area contributed by atoms with Crippen molar-refractivity contribution in [2.45, 2.75) is 26.4 Å². The normalized spacial score (nSPS) is 11.0. The molecule has 0 aromatic carbocycles. The second-order valence-corrected chi connectivity index (χ2v) is 4.44. The van der Waals surface area contributed by atoms with Crippen molar-refractivity contribution in [3.8, 4) is 5.88 Å². The number of rotatable bonds is 2. The molecule has 1 heterocycles. The molecule has 0 unspecified atom stereocenters. The van der Waals surface area contributed by atoms with Crippen LogP contribution in [-0.2, 0) is 4.74 Å². The number of nitrogens with one attached hydrogen (secondary N) is 1. The molecule has 1 N–H and O–H groups in total. The summed E-state index contributed by atoms with van der Waals surface area (Å²) in [5, 5.41) is 2.06. The van der Waals surface area contributed by atoms with Gasteiger partial charge in [-0.15, -0.1) is 0 Å². The van der Waals surface area contributed by atoms with E-state index in [9.17, 15) is 13.6 Å². The number of hydrogen-bond donors (Lipinski definition) is 1. The van der Waals surface area contributed by atoms with E-state index in [-0.39, 0.29) is 0 Å². The van der Waals surface area contributed by atoms with E-state index in [1.165, 1.54) is 0 Å². The highest BCUT2D eigenvalue weighted by Gasteiger charge is 2.20. The largest absolute Gasteiger partial charge is 0.479 e. The highest BCUT2D eigenvalue weighted by Crippen LogP contribution is 2.23. The van der Waals surface area contributed by atoms with Crippen molar-refractivity contribution in [2.75, 3.05) is 12.4 Å². The van der Waals surface area contributed by atoms with Crippen molar-refractivity contribution < 1.29 is 23.0 Å². The molecule has 0 saturated carbocycles. The number of carbonyl (C=O) groups is 1. The third kappa shape index (κ3) is 3.54. The van der Waals surface area contributed by atoms with Gasteiger partial charge in [0.05, 0.1) is 13.3 Å². The lowest BCUT2D eigenvalue weighted by Gasteiger charge is -2.19. The summed E-state index contributed by atoms with van der Waals surface area (Å²) in [6.45, 7) is 4.95. The molecule has 1 rings (SSSR count). The Hall–Kier alpha value is -1.92. The smallest absolute Gasteiger partial charge is 0.412 e. The SMILES string of the molecule is COc1ncc(NC(=O)OC(C)(C)C)c(F)c1F. The second-order valence-electron chi connectivity index (χ2n) is 4.44. The van der Waals surface area contributed by atoms with E-state index < -0.39 is 34.9 Å². The molecule has 0 radical (unpaired) electrons. The summed E-state index contributed by atoms with van der Waals surface area (Å²) in [6.07, 6.45) is 0.0500. The van der Waals surface area contributed by atoms with Gasteiger partial charge in [0.1, 0.15) is 11.3 Å². The van der Waals surface area contributed by atoms with Gasteiger partial charge >= 0.3 is 6.09 Å². The van der Waals surface area contributed by atoms with E-state index in [1.54, 1.807) is 20.8 Å². The Morgan fingerprint density at radius 3 is 2.44 bits per heavy atom. The Labute approximate surface area is 103 Å². The van der Waals surface area contributed by atoms with Crippen LogP contribution in [0.1, 0.15) is 20.8 Å². The van der Waals surface area contributed by atoms with Gasteiger partial charge in [-0.3, -0.25) is 5.32 Å². The van der Waals surface area contributed by atoms with E-state index in [0.29, 0.717) is 0 Å². The van der Waals surface area contributed by atoms with Crippen molar-refractivity contribution in [1.82, 2.24) is 4.98 Å². The van der Waals surface area contributed by atoms with Gasteiger partial charge in [0.2, 0.25) is 5.82 Å². The van der Waals surface area contributed by atoms with Gasteiger partial charge in [-0.2, -0.15) is 4.39 Å². The maximum absolute atomic E-state index is 13.5. The summed E-state index contributed by atoms with van der Waals surface area (Å²) in [7, 11) is 1.16. The molecule has 0 aliphatic rings. The van der Waals surface area contributed by atoms with Gasteiger partial charge in [0.25, 0.3) is 5.88 Å². The summed E-state index contributed by atoms with van der Waals surface area (Å²) >= 11 is 0. The van der Waals surface area contributed by atoms with Crippen molar-refractivity contribution in [2.24, 2.45) is 0 Å². The fourth-order valence-corrected chi connectivity index (χ4v) is 1.09. The first-order chi connectivity index (χ1) is 8.24. The van der Waals surface area contributed by atoms with E-state index in [0.717, 1.165) is 13.3 Å². The van der Waals surface area contributed by atoms with Crippen LogP contribution < -0.4 is 10.1 Å². The van der Waals surface area contributed by atoms with Crippen LogP contribution in [0.3, 0.4) is 0 Å². The van der Waals surface area contributed by atoms with Crippen molar-refractivity contribution in [1.29, 1.82) is 0 Å². The number of hydrogen-bond acceptors (Lipinski definition) is 4. The van der Waals surface area contributed by atoms with Crippen LogP contribution in [0.4, 0.5) is 19.3 Å². The molecule has 0 aliphatic carbocycles. The molecule has 0 aliphatic heterocycles. The highest BCUT2D eigenvalue weighted by molar-refractivity contribution is 5.84. The Bertz CT molecular complexity index is 458. The van der Waals surface area contributed by atoms with E-state index in [4.69, 9.17) is 4.74 Å². The van der Waals surface area contributed by atoms with E-state index >= 15 is 0 Å². The van der Waals surface area contributed by atoms with Gasteiger partial charge in [0, 0.05) is 0 Å². The maximum atomic E-state index is 13.5. The maximum Gasteiger partial charge on any atom is 0.412 e. The predicted molar refractivity (Wildman–Crippen MR) is 60.6 cm³/mol. The summed E-state index contributed by atoms with van der Waals surface area (Å²) in [4.78, 5) is 14.9. The third-order valence-corrected chi connectivity index (χ3v) is 1.76. The number of halogens is 2. The van der Waals surface area contributed by atoms with Crippen molar-refractivity contribution >= 4 is 11.8 Å². The number of methoxy groups -OCH3 is 1. The third-order valence-electron chi connectivity index (χ3n) is 1.76. The molecule has 0 spiro atoms. The second kappa shape index (κ2) is 5.16. The molecule has 1 aromatic heterocycles. The number of nitrogens with zero attached hydrogens (tertiary/aromatic N) is 1. The molecule has 0 atom stereocenters. The molecular weight excluding hydrogens is 246 g/mol. The van der Waals surface area contributed by atoms with E-state index in [1.807, 2.05) is 0 Å². The number of ether oxygens (including phenoxy) is 2. The molecule has 0 bridgehead atoms. The predicted octanol–water partition coefficient (Wildman–Crippen LogP) is 2.72. The highest BCUT2D eigenvalue weighted by atomic mass is 19.2. The van der Waals surface area contributed by atoms with Crippen LogP contribution in [0.2, 0.25) is 0 Å². The van der Waals surface area contributed by atoms with E-state index in [2.05, 4.69) is 15.0 Å². The fourth-order valence-electron chi connectivity index (χ4n) is 1.09. The lowest BCUT2D eigenvalue weighted by molar-refractivity contribution is 0.0635. The molecule has 100 valence electrons. The summed E-state index contributed by atoms with van der Waals surface area (Å²) < 4.78 is 36.2. The number of anilines is 1. The van der Waals surface area contributed by atoms with Crippen molar-refractivity contribution in [3.05, 3.63) is 17.8 Å². The first kappa shape index (κ1) is 14.1. The van der Waals surface area contributed by atoms with Crippen LogP contribution in [0.25, 0.3) is 0 Å². The Kier molecular flexibility index (Phi) is 4.05. The summed E-state index contributed by atoms with van der Waals surface area (Å²) in [5.74, 6) is -3.01. The standard InChI is InChI=1S/C11H14F2N2O3/c1-11(2,3)18-10(16)15-6-5-14-9(17-4)8(13)7(6)12/h5H,1-4H3,(H,15,16). The Morgan fingerprint density at radius 1 is 1.33 bits per heavy atom. The topological polar surface area (TPSA) is 60.5 Å². The van der Waals surface area contributed by atoms with Crippen molar-refractivity contribution in [3.63, 3.8) is 0 Å². The van der Waals surface area contributed by atoms with Crippen LogP contribution in [0, 0.1) is 11.6 Å². The first-order valence-corrected chi connectivity index (χ1v) is 5.12. The van der Waals surface area contributed by atoms with Gasteiger partial charge < -0.3 is 9.47 Å². The van der Waals surface area contributed by atoms with Crippen LogP contribution in [0.5, 0.6) is 5.88 Å². The molecule has 0 fully saturated rings. The minimum atomic E-state index is -1.27. The number of amides is 1. The van der Waals surface area contributed by atoms with Gasteiger partial charge in [0.15, 0.2) is 5.82 Å². The minimum Gasteiger partial charge on any atom is -0.479 e. The molecule has 18 heavy (non-hydrogen) atoms. The molecule has 0 saturated heterocycles. The van der Waals surface area contributed by atoms with Gasteiger partial charge in [-0.1, -0.05) is 0 Å². The summed E-state index contributed by atoms with van der Waals surface area (Å²) in [6, 6.07) is 0. The number of carbonyl (C=O) groups excluding carboxylic acids is 1. The van der Waals surface area contributed by atoms with Crippen LogP contribution in [-0.4, -0.2) is 23.8 Å². The van der Waals surface area contributed by atoms with Crippen LogP contribution >= 0.6 is 0 Å². The Morgan fingerprint density at radius 2 is 1.94 bits per heavy atom. The minimum absolute atomic E-state index is 0.414. The number of aromatic nitrogens is 1. The molecule has 7 heteroatoms. The zero-order chi connectivity index (χ0) is 13.9. The molecule has 5 nitrogen and oxygen atoms in total. The number of pyridine rings is 1. The quantitative estimate of drug-likeness (QED) is 0.888. The lowest BCUT2D eigenvalue weighted by Crippen LogP contribution is -2.27. The molecular formula is C11H14F2N2O3. The van der Waals surface area contributed by atoms with Gasteiger partial charge in [-0.05, 0) is 20.8 Å². The molecule has 1 amide bonds. The van der Waals surface area contributed by atoms with Crippen LogP contribution in [0.15, 0.2) is 6.20 Å². The average Bonchev–Trinajstić information content (AvgIpc) is 2.22. The summed E-state index contributed by atoms with van der Waals surface area (Å²) in [5.41, 5.74) is -1.15. The van der Waals surface area contributed by atoms with Gasteiger partial charge in [-0.25, -0.2) is 14.2 Å². The lowest BCUT2D eigenvalue weighted by atomic mass is 10.2. The zero-order valence-electron chi connectivity index (χ0n) is 10.5.